The molecule has 0 amide bonds. The van der Waals surface area contributed by atoms with Crippen LogP contribution in [0.5, 0.6) is 0 Å². The summed E-state index contributed by atoms with van der Waals surface area (Å²) < 4.78 is 0. The van der Waals surface area contributed by atoms with Crippen LogP contribution in [0.15, 0.2) is 36.5 Å². The molecule has 1 nitrogen and oxygen atoms in total. The molecule has 0 aromatic heterocycles. The third-order valence-corrected chi connectivity index (χ3v) is 1.04. The van der Waals surface area contributed by atoms with Gasteiger partial charge in [-0.3, -0.25) is 0 Å². The van der Waals surface area contributed by atoms with Crippen LogP contribution in [-0.4, -0.2) is 6.54 Å². The minimum atomic E-state index is 0.449. The fourth-order valence-corrected chi connectivity index (χ4v) is 0.467. The van der Waals surface area contributed by atoms with E-state index < -0.39 is 0 Å². The fraction of sp³-hybridized carbons (Fsp3) is 0.111. The van der Waals surface area contributed by atoms with E-state index in [2.05, 4.69) is 19.1 Å². The van der Waals surface area contributed by atoms with Crippen LogP contribution in [0.4, 0.5) is 0 Å². The maximum atomic E-state index is 5.34. The average Bonchev–Trinajstić information content (AvgIpc) is 1.99. The van der Waals surface area contributed by atoms with Crippen molar-refractivity contribution in [1.82, 2.24) is 0 Å². The van der Waals surface area contributed by atoms with E-state index in [1.54, 1.807) is 12.2 Å². The Morgan fingerprint density at radius 3 is 2.60 bits per heavy atom. The van der Waals surface area contributed by atoms with Gasteiger partial charge < -0.3 is 5.73 Å². The van der Waals surface area contributed by atoms with Crippen molar-refractivity contribution in [1.29, 1.82) is 0 Å². The fourth-order valence-electron chi connectivity index (χ4n) is 0.467. The Hall–Kier alpha value is -1.26. The Bertz CT molecular complexity index is 203. The summed E-state index contributed by atoms with van der Waals surface area (Å²) in [4.78, 5) is 0. The molecule has 10 heavy (non-hydrogen) atoms. The Morgan fingerprint density at radius 2 is 2.30 bits per heavy atom. The summed E-state index contributed by atoms with van der Waals surface area (Å²) in [5, 5.41) is 0. The van der Waals surface area contributed by atoms with E-state index in [1.807, 2.05) is 0 Å². The summed E-state index contributed by atoms with van der Waals surface area (Å²) in [7, 11) is 0. The van der Waals surface area contributed by atoms with Gasteiger partial charge >= 0.3 is 0 Å². The Morgan fingerprint density at radius 1 is 1.70 bits per heavy atom. The molecule has 0 aliphatic rings. The van der Waals surface area contributed by atoms with Gasteiger partial charge in [0.2, 0.25) is 0 Å². The first-order valence-corrected chi connectivity index (χ1v) is 2.93. The highest BCUT2D eigenvalue weighted by Gasteiger charge is 1.86. The zero-order valence-corrected chi connectivity index (χ0v) is 5.93. The van der Waals surface area contributed by atoms with Crippen molar-refractivity contribution in [3.8, 4) is 12.3 Å². The van der Waals surface area contributed by atoms with E-state index >= 15 is 0 Å². The first kappa shape index (κ1) is 8.74. The third kappa shape index (κ3) is 2.91. The van der Waals surface area contributed by atoms with Gasteiger partial charge in [-0.15, -0.1) is 6.42 Å². The average molecular weight is 133 g/mol. The summed E-state index contributed by atoms with van der Waals surface area (Å²) in [6.07, 6.45) is 8.47. The lowest BCUT2D eigenvalue weighted by Gasteiger charge is -1.93. The highest BCUT2D eigenvalue weighted by molar-refractivity contribution is 5.38. The summed E-state index contributed by atoms with van der Waals surface area (Å²) in [6, 6.07) is 0. The van der Waals surface area contributed by atoms with Gasteiger partial charge in [0.1, 0.15) is 0 Å². The van der Waals surface area contributed by atoms with Crippen LogP contribution in [-0.2, 0) is 0 Å². The van der Waals surface area contributed by atoms with Gasteiger partial charge in [-0.2, -0.15) is 0 Å². The molecule has 0 atom stereocenters. The predicted octanol–water partition coefficient (Wildman–Crippen LogP) is 1.25. The summed E-state index contributed by atoms with van der Waals surface area (Å²) in [5.41, 5.74) is 6.87. The maximum absolute atomic E-state index is 5.34. The van der Waals surface area contributed by atoms with Crippen LogP contribution in [0.25, 0.3) is 0 Å². The molecule has 0 aromatic rings. The van der Waals surface area contributed by atoms with Crippen LogP contribution in [0.2, 0.25) is 0 Å². The van der Waals surface area contributed by atoms with Gasteiger partial charge in [-0.1, -0.05) is 25.2 Å². The first-order chi connectivity index (χ1) is 4.74. The molecule has 0 heterocycles. The number of nitrogens with two attached hydrogens (primary N) is 1. The van der Waals surface area contributed by atoms with Gasteiger partial charge in [0.25, 0.3) is 0 Å². The maximum Gasteiger partial charge on any atom is 0.0178 e. The zero-order valence-electron chi connectivity index (χ0n) is 5.93. The van der Waals surface area contributed by atoms with Crippen LogP contribution in [0, 0.1) is 12.3 Å². The molecule has 0 spiro atoms. The minimum absolute atomic E-state index is 0.449. The van der Waals surface area contributed by atoms with Crippen molar-refractivity contribution in [2.24, 2.45) is 5.73 Å². The van der Waals surface area contributed by atoms with Crippen molar-refractivity contribution in [2.45, 2.75) is 0 Å². The predicted molar refractivity (Wildman–Crippen MR) is 45.3 cm³/mol. The number of terminal acetylenes is 1. The van der Waals surface area contributed by atoms with E-state index in [4.69, 9.17) is 12.2 Å². The number of hydrogen-bond donors (Lipinski definition) is 1. The van der Waals surface area contributed by atoms with E-state index in [0.29, 0.717) is 12.1 Å². The van der Waals surface area contributed by atoms with Gasteiger partial charge in [-0.25, -0.2) is 0 Å². The molecule has 0 aliphatic heterocycles. The number of allylic oxidation sites excluding steroid dienone is 2. The quantitative estimate of drug-likeness (QED) is 0.455. The topological polar surface area (TPSA) is 26.0 Å². The minimum Gasteiger partial charge on any atom is -0.326 e. The molecule has 52 valence electrons. The second-order valence-electron chi connectivity index (χ2n) is 1.80. The molecule has 0 aliphatic carbocycles. The molecular weight excluding hydrogens is 122 g/mol. The number of rotatable bonds is 3. The first-order valence-electron chi connectivity index (χ1n) is 2.93. The molecule has 1 heteroatoms. The molecule has 0 radical (unpaired) electrons. The molecule has 0 unspecified atom stereocenters. The third-order valence-electron chi connectivity index (χ3n) is 1.04. The summed E-state index contributed by atoms with van der Waals surface area (Å²) >= 11 is 0. The standard InChI is InChI=1S/C9H11N/c1-4-8(3)6-9(5-2)7-10/h1,5-6H,2-3,7,10H2/b9-6+. The molecule has 0 aromatic carbocycles. The zero-order chi connectivity index (χ0) is 7.98. The lowest BCUT2D eigenvalue weighted by Crippen LogP contribution is -2.00. The van der Waals surface area contributed by atoms with Gasteiger partial charge in [0, 0.05) is 12.1 Å². The molecular formula is C9H11N. The lowest BCUT2D eigenvalue weighted by molar-refractivity contribution is 1.19. The van der Waals surface area contributed by atoms with E-state index in [0.717, 1.165) is 5.57 Å². The van der Waals surface area contributed by atoms with Gasteiger partial charge in [0.05, 0.1) is 0 Å². The summed E-state index contributed by atoms with van der Waals surface area (Å²) in [5.74, 6) is 2.39. The molecule has 0 saturated heterocycles. The molecule has 0 saturated carbocycles. The van der Waals surface area contributed by atoms with E-state index in [1.165, 1.54) is 0 Å². The smallest absolute Gasteiger partial charge is 0.0178 e. The van der Waals surface area contributed by atoms with Crippen LogP contribution < -0.4 is 5.73 Å². The van der Waals surface area contributed by atoms with Gasteiger partial charge in [0.15, 0.2) is 0 Å². The van der Waals surface area contributed by atoms with Gasteiger partial charge in [-0.05, 0) is 11.6 Å². The molecule has 2 N–H and O–H groups in total. The second kappa shape index (κ2) is 4.60. The van der Waals surface area contributed by atoms with Crippen LogP contribution in [0.3, 0.4) is 0 Å². The highest BCUT2D eigenvalue weighted by Crippen LogP contribution is 1.98. The Labute approximate surface area is 61.9 Å². The van der Waals surface area contributed by atoms with Crippen molar-refractivity contribution < 1.29 is 0 Å². The van der Waals surface area contributed by atoms with Crippen molar-refractivity contribution >= 4 is 0 Å². The second-order valence-corrected chi connectivity index (χ2v) is 1.80. The van der Waals surface area contributed by atoms with Crippen molar-refractivity contribution in [2.75, 3.05) is 6.54 Å². The molecule has 0 rings (SSSR count). The van der Waals surface area contributed by atoms with Crippen LogP contribution in [0.1, 0.15) is 0 Å². The van der Waals surface area contributed by atoms with E-state index in [9.17, 15) is 0 Å². The number of hydrogen-bond acceptors (Lipinski definition) is 1. The van der Waals surface area contributed by atoms with Crippen molar-refractivity contribution in [3.63, 3.8) is 0 Å². The normalized spacial score (nSPS) is 10.2. The molecule has 0 fully saturated rings. The molecule has 0 bridgehead atoms. The Kier molecular flexibility index (Phi) is 4.02. The summed E-state index contributed by atoms with van der Waals surface area (Å²) in [6.45, 7) is 7.60. The van der Waals surface area contributed by atoms with Crippen LogP contribution >= 0.6 is 0 Å². The Balaban J connectivity index is 4.28. The SMILES string of the molecule is C#CC(=C)/C=C(\C=C)CN. The van der Waals surface area contributed by atoms with Crippen molar-refractivity contribution in [3.05, 3.63) is 36.5 Å². The largest absolute Gasteiger partial charge is 0.326 e. The monoisotopic (exact) mass is 133 g/mol. The van der Waals surface area contributed by atoms with E-state index in [-0.39, 0.29) is 0 Å². The highest BCUT2D eigenvalue weighted by atomic mass is 14.5. The lowest BCUT2D eigenvalue weighted by atomic mass is 10.2.